The van der Waals surface area contributed by atoms with E-state index in [1.165, 1.54) is 5.56 Å². The Bertz CT molecular complexity index is 436. The Morgan fingerprint density at radius 1 is 1.53 bits per heavy atom. The second kappa shape index (κ2) is 7.94. The summed E-state index contributed by atoms with van der Waals surface area (Å²) < 4.78 is 0. The van der Waals surface area contributed by atoms with E-state index in [0.29, 0.717) is 17.9 Å². The highest BCUT2D eigenvalue weighted by Crippen LogP contribution is 2.41. The highest BCUT2D eigenvalue weighted by atomic mass is 127. The van der Waals surface area contributed by atoms with Gasteiger partial charge in [-0.15, -0.1) is 24.0 Å². The van der Waals surface area contributed by atoms with Crippen LogP contribution >= 0.6 is 35.6 Å². The van der Waals surface area contributed by atoms with Gasteiger partial charge in [-0.25, -0.2) is 0 Å². The lowest BCUT2D eigenvalue weighted by Gasteiger charge is -2.05. The molecule has 0 saturated heterocycles. The summed E-state index contributed by atoms with van der Waals surface area (Å²) in [5.74, 6) is 1.08. The molecule has 0 aliphatic heterocycles. The van der Waals surface area contributed by atoms with Crippen molar-refractivity contribution in [2.45, 2.75) is 38.1 Å². The number of nitrogens with one attached hydrogen (secondary N) is 1. The van der Waals surface area contributed by atoms with Crippen LogP contribution in [0.3, 0.4) is 0 Å². The summed E-state index contributed by atoms with van der Waals surface area (Å²) in [6.45, 7) is 2.96. The Morgan fingerprint density at radius 2 is 2.32 bits per heavy atom. The van der Waals surface area contributed by atoms with Gasteiger partial charge in [-0.2, -0.15) is 0 Å². The number of guanidine groups is 1. The maximum Gasteiger partial charge on any atom is 0.188 e. The van der Waals surface area contributed by atoms with Crippen LogP contribution in [0, 0.1) is 0 Å². The summed E-state index contributed by atoms with van der Waals surface area (Å²) in [6.07, 6.45) is 3.33. The molecule has 1 aromatic carbocycles. The van der Waals surface area contributed by atoms with Gasteiger partial charge in [0.2, 0.25) is 0 Å². The number of nitrogens with zero attached hydrogens (tertiary/aromatic N) is 1. The van der Waals surface area contributed by atoms with Crippen LogP contribution in [0.15, 0.2) is 29.3 Å². The van der Waals surface area contributed by atoms with Gasteiger partial charge in [-0.3, -0.25) is 4.99 Å². The van der Waals surface area contributed by atoms with Gasteiger partial charge in [0.05, 0.1) is 0 Å². The normalized spacial score (nSPS) is 21.7. The summed E-state index contributed by atoms with van der Waals surface area (Å²) in [5.41, 5.74) is 7.12. The van der Waals surface area contributed by atoms with Crippen LogP contribution in [-0.2, 0) is 0 Å². The van der Waals surface area contributed by atoms with E-state index < -0.39 is 0 Å². The van der Waals surface area contributed by atoms with Gasteiger partial charge in [-0.1, -0.05) is 37.1 Å². The minimum absolute atomic E-state index is 0. The van der Waals surface area contributed by atoms with Gasteiger partial charge < -0.3 is 11.1 Å². The Hall–Kier alpha value is -0.490. The van der Waals surface area contributed by atoms with Gasteiger partial charge in [0.25, 0.3) is 0 Å². The molecule has 0 spiro atoms. The maximum atomic E-state index is 5.99. The number of aliphatic imine (C=N–C) groups is 1. The minimum atomic E-state index is 0. The first-order chi connectivity index (χ1) is 8.70. The van der Waals surface area contributed by atoms with Crippen molar-refractivity contribution in [2.75, 3.05) is 6.54 Å². The molecule has 0 aromatic heterocycles. The molecule has 0 bridgehead atoms. The molecule has 1 fully saturated rings. The molecule has 1 aliphatic carbocycles. The van der Waals surface area contributed by atoms with Crippen LogP contribution in [0.4, 0.5) is 0 Å². The Balaban J connectivity index is 0.00000180. The van der Waals surface area contributed by atoms with E-state index in [1.54, 1.807) is 0 Å². The summed E-state index contributed by atoms with van der Waals surface area (Å²) in [6, 6.07) is 8.44. The third kappa shape index (κ3) is 5.18. The fourth-order valence-electron chi connectivity index (χ4n) is 2.05. The first kappa shape index (κ1) is 16.6. The van der Waals surface area contributed by atoms with Gasteiger partial charge in [0.1, 0.15) is 0 Å². The van der Waals surface area contributed by atoms with Crippen LogP contribution in [0.1, 0.15) is 37.7 Å². The first-order valence-electron chi connectivity index (χ1n) is 6.52. The molecular weight excluding hydrogens is 373 g/mol. The number of hydrogen-bond donors (Lipinski definition) is 2. The first-order valence-corrected chi connectivity index (χ1v) is 6.90. The zero-order chi connectivity index (χ0) is 13.0. The van der Waals surface area contributed by atoms with Crippen molar-refractivity contribution in [1.29, 1.82) is 0 Å². The van der Waals surface area contributed by atoms with Crippen LogP contribution in [0.25, 0.3) is 0 Å². The molecule has 0 radical (unpaired) electrons. The lowest BCUT2D eigenvalue weighted by atomic mass is 10.1. The fourth-order valence-corrected chi connectivity index (χ4v) is 2.25. The van der Waals surface area contributed by atoms with Gasteiger partial charge in [0, 0.05) is 23.5 Å². The third-order valence-electron chi connectivity index (χ3n) is 3.19. The molecule has 1 aromatic rings. The second-order valence-corrected chi connectivity index (χ2v) is 5.20. The van der Waals surface area contributed by atoms with Crippen molar-refractivity contribution in [2.24, 2.45) is 10.7 Å². The topological polar surface area (TPSA) is 50.4 Å². The van der Waals surface area contributed by atoms with E-state index in [1.807, 2.05) is 18.2 Å². The number of hydrogen-bond acceptors (Lipinski definition) is 1. The molecule has 5 heteroatoms. The standard InChI is InChI=1S/C14H20ClN3.HI/c1-2-3-7-17-14(16)18-13-9-12(13)10-5-4-6-11(15)8-10;/h4-6,8,12-13H,2-3,7,9H2,1H3,(H3,16,17,18);1H. The number of rotatable bonds is 5. The molecule has 3 N–H and O–H groups in total. The number of halogens is 2. The third-order valence-corrected chi connectivity index (χ3v) is 3.43. The second-order valence-electron chi connectivity index (χ2n) is 4.77. The zero-order valence-corrected chi connectivity index (χ0v) is 14.2. The predicted molar refractivity (Wildman–Crippen MR) is 92.5 cm³/mol. The Kier molecular flexibility index (Phi) is 6.93. The fraction of sp³-hybridized carbons (Fsp3) is 0.500. The minimum Gasteiger partial charge on any atom is -0.370 e. The molecule has 2 unspecified atom stereocenters. The van der Waals surface area contributed by atoms with E-state index in [2.05, 4.69) is 23.3 Å². The maximum absolute atomic E-state index is 5.99. The molecule has 2 rings (SSSR count). The van der Waals surface area contributed by atoms with Crippen molar-refractivity contribution < 1.29 is 0 Å². The molecule has 19 heavy (non-hydrogen) atoms. The summed E-state index contributed by atoms with van der Waals surface area (Å²) in [5, 5.41) is 4.06. The highest BCUT2D eigenvalue weighted by molar-refractivity contribution is 14.0. The van der Waals surface area contributed by atoms with Crippen molar-refractivity contribution in [3.05, 3.63) is 34.9 Å². The van der Waals surface area contributed by atoms with Crippen LogP contribution in [-0.4, -0.2) is 18.5 Å². The smallest absolute Gasteiger partial charge is 0.188 e. The van der Waals surface area contributed by atoms with Crippen LogP contribution in [0.5, 0.6) is 0 Å². The molecule has 3 nitrogen and oxygen atoms in total. The van der Waals surface area contributed by atoms with Gasteiger partial charge in [0.15, 0.2) is 5.96 Å². The number of nitrogens with two attached hydrogens (primary N) is 1. The van der Waals surface area contributed by atoms with E-state index >= 15 is 0 Å². The monoisotopic (exact) mass is 393 g/mol. The summed E-state index contributed by atoms with van der Waals surface area (Å²) in [4.78, 5) is 4.30. The van der Waals surface area contributed by atoms with Crippen molar-refractivity contribution in [1.82, 2.24) is 5.32 Å². The largest absolute Gasteiger partial charge is 0.370 e. The lowest BCUT2D eigenvalue weighted by molar-refractivity contribution is 0.789. The van der Waals surface area contributed by atoms with Crippen molar-refractivity contribution in [3.8, 4) is 0 Å². The molecule has 1 saturated carbocycles. The van der Waals surface area contributed by atoms with Gasteiger partial charge >= 0.3 is 0 Å². The number of benzene rings is 1. The predicted octanol–water partition coefficient (Wildman–Crippen LogP) is 3.52. The average molecular weight is 394 g/mol. The molecule has 106 valence electrons. The zero-order valence-electron chi connectivity index (χ0n) is 11.1. The van der Waals surface area contributed by atoms with Crippen molar-refractivity contribution in [3.63, 3.8) is 0 Å². The Labute approximate surface area is 137 Å². The van der Waals surface area contributed by atoms with Crippen LogP contribution < -0.4 is 11.1 Å². The van der Waals surface area contributed by atoms with Crippen molar-refractivity contribution >= 4 is 41.5 Å². The van der Waals surface area contributed by atoms with E-state index in [0.717, 1.165) is 30.8 Å². The summed E-state index contributed by atoms with van der Waals surface area (Å²) in [7, 11) is 0. The molecule has 0 heterocycles. The molecular formula is C14H21ClIN3. The molecule has 1 aliphatic rings. The van der Waals surface area contributed by atoms with Gasteiger partial charge in [-0.05, 0) is 30.5 Å². The highest BCUT2D eigenvalue weighted by Gasteiger charge is 2.38. The van der Waals surface area contributed by atoms with E-state index in [4.69, 9.17) is 17.3 Å². The van der Waals surface area contributed by atoms with E-state index in [9.17, 15) is 0 Å². The quantitative estimate of drug-likeness (QED) is 0.348. The molecule has 0 amide bonds. The Morgan fingerprint density at radius 3 is 3.00 bits per heavy atom. The molecule has 2 atom stereocenters. The number of unbranched alkanes of at least 4 members (excludes halogenated alkanes) is 1. The van der Waals surface area contributed by atoms with E-state index in [-0.39, 0.29) is 24.0 Å². The average Bonchev–Trinajstić information content (AvgIpc) is 3.08. The lowest BCUT2D eigenvalue weighted by Crippen LogP contribution is -2.34. The SMILES string of the molecule is CCCCN=C(N)NC1CC1c1cccc(Cl)c1.I. The summed E-state index contributed by atoms with van der Waals surface area (Å²) >= 11 is 5.99. The van der Waals surface area contributed by atoms with Crippen LogP contribution in [0.2, 0.25) is 5.02 Å².